The lowest BCUT2D eigenvalue weighted by molar-refractivity contribution is -0.116. The lowest BCUT2D eigenvalue weighted by Crippen LogP contribution is -2.45. The van der Waals surface area contributed by atoms with Gasteiger partial charge in [-0.3, -0.25) is 4.79 Å². The average Bonchev–Trinajstić information content (AvgIpc) is 2.46. The van der Waals surface area contributed by atoms with Crippen molar-refractivity contribution in [3.05, 3.63) is 23.0 Å². The van der Waals surface area contributed by atoms with Gasteiger partial charge in [-0.1, -0.05) is 11.6 Å². The van der Waals surface area contributed by atoms with E-state index in [-0.39, 0.29) is 17.0 Å². The standard InChI is InChI=1S/C12H12ClFN2O2/c13-8-4-11-10(5-9(8)14)15-12(17)3-7-6-18-2-1-16(7)11/h4-5,7H,1-3,6H2,(H,15,17). The molecule has 1 amide bonds. The van der Waals surface area contributed by atoms with Crippen molar-refractivity contribution in [3.63, 3.8) is 0 Å². The molecule has 0 saturated carbocycles. The molecule has 1 N–H and O–H groups in total. The normalized spacial score (nSPS) is 22.9. The molecule has 2 aliphatic heterocycles. The molecule has 6 heteroatoms. The summed E-state index contributed by atoms with van der Waals surface area (Å²) in [5.74, 6) is -0.654. The molecule has 0 aliphatic carbocycles. The molecule has 0 radical (unpaired) electrons. The Morgan fingerprint density at radius 1 is 1.50 bits per heavy atom. The molecule has 1 unspecified atom stereocenters. The van der Waals surface area contributed by atoms with E-state index in [0.29, 0.717) is 31.9 Å². The van der Waals surface area contributed by atoms with Crippen molar-refractivity contribution >= 4 is 28.9 Å². The number of halogens is 2. The van der Waals surface area contributed by atoms with E-state index < -0.39 is 5.82 Å². The van der Waals surface area contributed by atoms with E-state index in [9.17, 15) is 9.18 Å². The number of anilines is 2. The summed E-state index contributed by atoms with van der Waals surface area (Å²) in [6.07, 6.45) is 0.341. The highest BCUT2D eigenvalue weighted by atomic mass is 35.5. The molecule has 2 heterocycles. The molecule has 96 valence electrons. The maximum atomic E-state index is 13.5. The van der Waals surface area contributed by atoms with Gasteiger partial charge in [-0.25, -0.2) is 4.39 Å². The Bertz CT molecular complexity index is 509. The van der Waals surface area contributed by atoms with Crippen LogP contribution in [-0.4, -0.2) is 31.7 Å². The van der Waals surface area contributed by atoms with E-state index >= 15 is 0 Å². The van der Waals surface area contributed by atoms with Crippen LogP contribution in [-0.2, 0) is 9.53 Å². The van der Waals surface area contributed by atoms with E-state index in [2.05, 4.69) is 10.2 Å². The average molecular weight is 271 g/mol. The van der Waals surface area contributed by atoms with Gasteiger partial charge in [-0.05, 0) is 6.07 Å². The molecule has 1 aromatic carbocycles. The summed E-state index contributed by atoms with van der Waals surface area (Å²) in [5, 5.41) is 2.78. The number of rotatable bonds is 0. The molecule has 3 rings (SSSR count). The summed E-state index contributed by atoms with van der Waals surface area (Å²) in [6.45, 7) is 1.77. The van der Waals surface area contributed by atoms with Crippen LogP contribution in [0.25, 0.3) is 0 Å². The third-order valence-electron chi connectivity index (χ3n) is 3.27. The van der Waals surface area contributed by atoms with Crippen molar-refractivity contribution < 1.29 is 13.9 Å². The number of morpholine rings is 1. The highest BCUT2D eigenvalue weighted by Gasteiger charge is 2.31. The predicted octanol–water partition coefficient (Wildman–Crippen LogP) is 2.03. The molecule has 0 spiro atoms. The molecule has 1 aromatic rings. The molecular formula is C12H12ClFN2O2. The van der Waals surface area contributed by atoms with Crippen LogP contribution in [0.4, 0.5) is 15.8 Å². The molecular weight excluding hydrogens is 259 g/mol. The van der Waals surface area contributed by atoms with Crippen LogP contribution in [0.1, 0.15) is 6.42 Å². The number of hydrogen-bond donors (Lipinski definition) is 1. The SMILES string of the molecule is O=C1CC2COCCN2c2cc(Cl)c(F)cc2N1. The second-order valence-corrected chi connectivity index (χ2v) is 4.87. The van der Waals surface area contributed by atoms with Gasteiger partial charge in [0.15, 0.2) is 0 Å². The zero-order valence-electron chi connectivity index (χ0n) is 9.58. The lowest BCUT2D eigenvalue weighted by atomic mass is 10.1. The fourth-order valence-electron chi connectivity index (χ4n) is 2.43. The smallest absolute Gasteiger partial charge is 0.226 e. The molecule has 4 nitrogen and oxygen atoms in total. The van der Waals surface area contributed by atoms with Crippen LogP contribution in [0.5, 0.6) is 0 Å². The van der Waals surface area contributed by atoms with Crippen molar-refractivity contribution in [3.8, 4) is 0 Å². The lowest BCUT2D eigenvalue weighted by Gasteiger charge is -2.36. The van der Waals surface area contributed by atoms with Crippen LogP contribution in [0.2, 0.25) is 5.02 Å². The van der Waals surface area contributed by atoms with Crippen molar-refractivity contribution in [1.82, 2.24) is 0 Å². The molecule has 1 fully saturated rings. The van der Waals surface area contributed by atoms with Crippen LogP contribution in [0, 0.1) is 5.82 Å². The zero-order chi connectivity index (χ0) is 12.7. The number of nitrogens with one attached hydrogen (secondary N) is 1. The van der Waals surface area contributed by atoms with Crippen LogP contribution in [0.15, 0.2) is 12.1 Å². The maximum absolute atomic E-state index is 13.5. The van der Waals surface area contributed by atoms with E-state index in [1.807, 2.05) is 0 Å². The van der Waals surface area contributed by atoms with Crippen LogP contribution in [0.3, 0.4) is 0 Å². The number of amides is 1. The Labute approximate surface area is 109 Å². The molecule has 18 heavy (non-hydrogen) atoms. The number of nitrogens with zero attached hydrogens (tertiary/aromatic N) is 1. The van der Waals surface area contributed by atoms with Gasteiger partial charge >= 0.3 is 0 Å². The van der Waals surface area contributed by atoms with E-state index in [4.69, 9.17) is 16.3 Å². The summed E-state index contributed by atoms with van der Waals surface area (Å²) in [7, 11) is 0. The maximum Gasteiger partial charge on any atom is 0.226 e. The van der Waals surface area contributed by atoms with Gasteiger partial charge in [0, 0.05) is 19.0 Å². The molecule has 1 saturated heterocycles. The monoisotopic (exact) mass is 270 g/mol. The molecule has 0 bridgehead atoms. The fraction of sp³-hybridized carbons (Fsp3) is 0.417. The Kier molecular flexibility index (Phi) is 2.87. The molecule has 1 atom stereocenters. The summed E-state index contributed by atoms with van der Waals surface area (Å²) in [5.41, 5.74) is 1.24. The first-order valence-electron chi connectivity index (χ1n) is 5.78. The molecule has 2 aliphatic rings. The first-order chi connectivity index (χ1) is 8.65. The fourth-order valence-corrected chi connectivity index (χ4v) is 2.59. The summed E-state index contributed by atoms with van der Waals surface area (Å²) < 4.78 is 18.8. The zero-order valence-corrected chi connectivity index (χ0v) is 10.3. The van der Waals surface area contributed by atoms with Crippen molar-refractivity contribution in [2.75, 3.05) is 30.0 Å². The molecule has 0 aromatic heterocycles. The summed E-state index contributed by atoms with van der Waals surface area (Å²) in [6, 6.07) is 2.82. The third-order valence-corrected chi connectivity index (χ3v) is 3.56. The van der Waals surface area contributed by atoms with E-state index in [1.54, 1.807) is 6.07 Å². The minimum Gasteiger partial charge on any atom is -0.377 e. The highest BCUT2D eigenvalue weighted by Crippen LogP contribution is 2.36. The number of benzene rings is 1. The van der Waals surface area contributed by atoms with Crippen molar-refractivity contribution in [1.29, 1.82) is 0 Å². The first-order valence-corrected chi connectivity index (χ1v) is 6.16. The van der Waals surface area contributed by atoms with Crippen molar-refractivity contribution in [2.24, 2.45) is 0 Å². The van der Waals surface area contributed by atoms with E-state index in [1.165, 1.54) is 6.07 Å². The quantitative estimate of drug-likeness (QED) is 0.784. The highest BCUT2D eigenvalue weighted by molar-refractivity contribution is 6.31. The number of carbonyl (C=O) groups excluding carboxylic acids is 1. The van der Waals surface area contributed by atoms with E-state index in [0.717, 1.165) is 5.69 Å². The Hall–Kier alpha value is -1.33. The van der Waals surface area contributed by atoms with Crippen LogP contribution < -0.4 is 10.2 Å². The Morgan fingerprint density at radius 2 is 2.33 bits per heavy atom. The predicted molar refractivity (Wildman–Crippen MR) is 66.6 cm³/mol. The second kappa shape index (κ2) is 4.40. The topological polar surface area (TPSA) is 41.6 Å². The first kappa shape index (κ1) is 11.7. The third kappa shape index (κ3) is 1.93. The van der Waals surface area contributed by atoms with Gasteiger partial charge in [0.1, 0.15) is 5.82 Å². The summed E-state index contributed by atoms with van der Waals surface area (Å²) >= 11 is 5.82. The van der Waals surface area contributed by atoms with Crippen LogP contribution >= 0.6 is 11.6 Å². The summed E-state index contributed by atoms with van der Waals surface area (Å²) in [4.78, 5) is 13.8. The van der Waals surface area contributed by atoms with Gasteiger partial charge < -0.3 is 15.0 Å². The number of fused-ring (bicyclic) bond motifs is 3. The van der Waals surface area contributed by atoms with Gasteiger partial charge in [-0.2, -0.15) is 0 Å². The number of hydrogen-bond acceptors (Lipinski definition) is 3. The van der Waals surface area contributed by atoms with Gasteiger partial charge in [0.05, 0.1) is 35.7 Å². The largest absolute Gasteiger partial charge is 0.377 e. The number of carbonyl (C=O) groups is 1. The minimum absolute atomic E-state index is 0.0125. The van der Waals surface area contributed by atoms with Gasteiger partial charge in [0.25, 0.3) is 0 Å². The minimum atomic E-state index is -0.526. The Balaban J connectivity index is 2.09. The Morgan fingerprint density at radius 3 is 3.17 bits per heavy atom. The second-order valence-electron chi connectivity index (χ2n) is 4.46. The van der Waals surface area contributed by atoms with Gasteiger partial charge in [0.2, 0.25) is 5.91 Å². The van der Waals surface area contributed by atoms with Crippen molar-refractivity contribution in [2.45, 2.75) is 12.5 Å². The number of ether oxygens (including phenoxy) is 1. The van der Waals surface area contributed by atoms with Gasteiger partial charge in [-0.15, -0.1) is 0 Å².